The summed E-state index contributed by atoms with van der Waals surface area (Å²) in [6, 6.07) is 6.29. The summed E-state index contributed by atoms with van der Waals surface area (Å²) in [4.78, 5) is 34.7. The normalized spacial score (nSPS) is 18.1. The first kappa shape index (κ1) is 21.4. The van der Waals surface area contributed by atoms with Crippen LogP contribution in [0.4, 0.5) is 10.6 Å². The van der Waals surface area contributed by atoms with Crippen LogP contribution in [0.2, 0.25) is 0 Å². The zero-order valence-corrected chi connectivity index (χ0v) is 18.1. The molecule has 1 unspecified atom stereocenters. The minimum absolute atomic E-state index is 0.253. The molecule has 3 amide bonds. The van der Waals surface area contributed by atoms with Crippen molar-refractivity contribution >= 4 is 17.8 Å². The van der Waals surface area contributed by atoms with Crippen molar-refractivity contribution in [3.8, 4) is 22.8 Å². The second-order valence-electron chi connectivity index (χ2n) is 8.02. The number of amides is 3. The van der Waals surface area contributed by atoms with Crippen molar-refractivity contribution in [1.82, 2.24) is 24.6 Å². The second-order valence-corrected chi connectivity index (χ2v) is 8.02. The van der Waals surface area contributed by atoms with Crippen LogP contribution in [0.3, 0.4) is 0 Å². The number of aryl methyl sites for hydroxylation is 2. The van der Waals surface area contributed by atoms with E-state index in [4.69, 9.17) is 4.74 Å². The van der Waals surface area contributed by atoms with E-state index in [1.165, 1.54) is 0 Å². The lowest BCUT2D eigenvalue weighted by atomic mass is 9.90. The molecule has 4 rings (SSSR count). The quantitative estimate of drug-likeness (QED) is 0.630. The number of likely N-dealkylation sites (tertiary alicyclic amines) is 1. The molecule has 0 aromatic carbocycles. The summed E-state index contributed by atoms with van der Waals surface area (Å²) in [6.07, 6.45) is 5.67. The lowest BCUT2D eigenvalue weighted by Crippen LogP contribution is -2.41. The van der Waals surface area contributed by atoms with Gasteiger partial charge in [0.2, 0.25) is 5.91 Å². The third-order valence-corrected chi connectivity index (χ3v) is 5.47. The molecule has 0 aliphatic carbocycles. The molecule has 0 radical (unpaired) electrons. The molecule has 2 N–H and O–H groups in total. The maximum absolute atomic E-state index is 12.5. The van der Waals surface area contributed by atoms with Crippen molar-refractivity contribution in [2.24, 2.45) is 12.5 Å². The molecule has 1 aliphatic rings. The molecular weight excluding hydrogens is 412 g/mol. The number of hydrogen-bond donors (Lipinski definition) is 2. The number of nitrogens with one attached hydrogen (secondary N) is 1. The third kappa shape index (κ3) is 4.17. The number of pyridine rings is 2. The summed E-state index contributed by atoms with van der Waals surface area (Å²) in [7, 11) is 1.84. The minimum atomic E-state index is -0.919. The Morgan fingerprint density at radius 2 is 2.16 bits per heavy atom. The molecule has 0 bridgehead atoms. The fourth-order valence-electron chi connectivity index (χ4n) is 3.45. The van der Waals surface area contributed by atoms with Gasteiger partial charge in [-0.3, -0.25) is 24.7 Å². The lowest BCUT2D eigenvalue weighted by Gasteiger charge is -2.20. The highest BCUT2D eigenvalue weighted by molar-refractivity contribution is 6.04. The van der Waals surface area contributed by atoms with Crippen LogP contribution in [0.25, 0.3) is 11.3 Å². The molecular formula is C22H24N6O4. The smallest absolute Gasteiger partial charge is 0.329 e. The largest absolute Gasteiger partial charge is 0.455 e. The molecule has 1 saturated heterocycles. The number of aliphatic hydroxyl groups excluding tert-OH is 1. The average molecular weight is 436 g/mol. The fraction of sp³-hybridized carbons (Fsp3) is 0.318. The number of ether oxygens (including phenoxy) is 1. The first-order valence-electron chi connectivity index (χ1n) is 10.1. The Hall–Kier alpha value is -3.79. The van der Waals surface area contributed by atoms with E-state index < -0.39 is 17.4 Å². The van der Waals surface area contributed by atoms with Gasteiger partial charge in [-0.2, -0.15) is 5.10 Å². The Kier molecular flexibility index (Phi) is 5.62. The van der Waals surface area contributed by atoms with Crippen LogP contribution in [0.1, 0.15) is 19.0 Å². The van der Waals surface area contributed by atoms with E-state index in [-0.39, 0.29) is 13.2 Å². The number of rotatable bonds is 5. The number of nitrogens with zero attached hydrogens (tertiary/aromatic N) is 5. The predicted octanol–water partition coefficient (Wildman–Crippen LogP) is 2.74. The standard InChI is InChI=1S/C22H24N6O4/c1-14-18(32-16-6-8-23-17(10-16)15-11-24-27(3)12-15)4-5-19(25-14)26-21(31)28-9-7-22(2,13-29)20(28)30/h4-6,8,10-12,29H,7,9,13H2,1-3H3,(H,25,26,31). The van der Waals surface area contributed by atoms with E-state index >= 15 is 0 Å². The van der Waals surface area contributed by atoms with Crippen LogP contribution in [0.15, 0.2) is 42.9 Å². The van der Waals surface area contributed by atoms with Gasteiger partial charge in [-0.05, 0) is 38.5 Å². The number of urea groups is 1. The number of carbonyl (C=O) groups excluding carboxylic acids is 2. The Balaban J connectivity index is 1.45. The number of hydrogen-bond acceptors (Lipinski definition) is 7. The highest BCUT2D eigenvalue weighted by atomic mass is 16.5. The van der Waals surface area contributed by atoms with E-state index in [9.17, 15) is 14.7 Å². The van der Waals surface area contributed by atoms with Crippen LogP contribution in [-0.2, 0) is 11.8 Å². The van der Waals surface area contributed by atoms with Gasteiger partial charge >= 0.3 is 6.03 Å². The number of aromatic nitrogens is 4. The van der Waals surface area contributed by atoms with Crippen molar-refractivity contribution in [2.45, 2.75) is 20.3 Å². The van der Waals surface area contributed by atoms with E-state index in [1.807, 2.05) is 19.3 Å². The maximum atomic E-state index is 12.5. The van der Waals surface area contributed by atoms with E-state index in [2.05, 4.69) is 20.4 Å². The van der Waals surface area contributed by atoms with Gasteiger partial charge in [0.1, 0.15) is 17.3 Å². The molecule has 1 fully saturated rings. The Morgan fingerprint density at radius 3 is 2.81 bits per heavy atom. The Morgan fingerprint density at radius 1 is 1.34 bits per heavy atom. The summed E-state index contributed by atoms with van der Waals surface area (Å²) < 4.78 is 7.66. The molecule has 166 valence electrons. The summed E-state index contributed by atoms with van der Waals surface area (Å²) in [5.74, 6) is 1.02. The van der Waals surface area contributed by atoms with Crippen LogP contribution in [-0.4, -0.2) is 54.8 Å². The first-order chi connectivity index (χ1) is 15.3. The Labute approximate surface area is 184 Å². The first-order valence-corrected chi connectivity index (χ1v) is 10.1. The van der Waals surface area contributed by atoms with Gasteiger partial charge in [0.05, 0.1) is 29.6 Å². The Bertz CT molecular complexity index is 1180. The molecule has 4 heterocycles. The molecule has 1 aliphatic heterocycles. The summed E-state index contributed by atoms with van der Waals surface area (Å²) >= 11 is 0. The molecule has 32 heavy (non-hydrogen) atoms. The average Bonchev–Trinajstić information content (AvgIpc) is 3.34. The van der Waals surface area contributed by atoms with Crippen molar-refractivity contribution < 1.29 is 19.4 Å². The zero-order chi connectivity index (χ0) is 22.9. The molecule has 3 aromatic rings. The summed E-state index contributed by atoms with van der Waals surface area (Å²) in [5, 5.41) is 16.2. The number of carbonyl (C=O) groups is 2. The zero-order valence-electron chi connectivity index (χ0n) is 18.1. The minimum Gasteiger partial charge on any atom is -0.455 e. The molecule has 3 aromatic heterocycles. The number of aliphatic hydroxyl groups is 1. The van der Waals surface area contributed by atoms with Crippen LogP contribution in [0, 0.1) is 12.3 Å². The fourth-order valence-corrected chi connectivity index (χ4v) is 3.45. The molecule has 10 heteroatoms. The van der Waals surface area contributed by atoms with Gasteiger partial charge in [0, 0.05) is 37.6 Å². The van der Waals surface area contributed by atoms with Gasteiger partial charge in [-0.25, -0.2) is 9.78 Å². The topological polar surface area (TPSA) is 122 Å². The summed E-state index contributed by atoms with van der Waals surface area (Å²) in [6.45, 7) is 3.37. The van der Waals surface area contributed by atoms with Gasteiger partial charge in [-0.1, -0.05) is 0 Å². The predicted molar refractivity (Wildman–Crippen MR) is 116 cm³/mol. The molecule has 0 spiro atoms. The van der Waals surface area contributed by atoms with Crippen LogP contribution in [0.5, 0.6) is 11.5 Å². The second kappa shape index (κ2) is 8.39. The van der Waals surface area contributed by atoms with Gasteiger partial charge < -0.3 is 9.84 Å². The van der Waals surface area contributed by atoms with Crippen molar-refractivity contribution in [3.05, 3.63) is 48.5 Å². The van der Waals surface area contributed by atoms with Gasteiger partial charge in [0.25, 0.3) is 0 Å². The number of imide groups is 1. The highest BCUT2D eigenvalue weighted by Gasteiger charge is 2.44. The van der Waals surface area contributed by atoms with Gasteiger partial charge in [0.15, 0.2) is 0 Å². The summed E-state index contributed by atoms with van der Waals surface area (Å²) in [5.41, 5.74) is 1.25. The highest BCUT2D eigenvalue weighted by Crippen LogP contribution is 2.31. The van der Waals surface area contributed by atoms with E-state index in [0.717, 1.165) is 16.2 Å². The third-order valence-electron chi connectivity index (χ3n) is 5.47. The maximum Gasteiger partial charge on any atom is 0.329 e. The van der Waals surface area contributed by atoms with Crippen LogP contribution < -0.4 is 10.1 Å². The van der Waals surface area contributed by atoms with E-state index in [1.54, 1.807) is 49.1 Å². The number of anilines is 1. The van der Waals surface area contributed by atoms with Crippen molar-refractivity contribution in [3.63, 3.8) is 0 Å². The van der Waals surface area contributed by atoms with Crippen molar-refractivity contribution in [2.75, 3.05) is 18.5 Å². The van der Waals surface area contributed by atoms with Crippen LogP contribution >= 0.6 is 0 Å². The van der Waals surface area contributed by atoms with Gasteiger partial charge in [-0.15, -0.1) is 0 Å². The lowest BCUT2D eigenvalue weighted by molar-refractivity contribution is -0.134. The van der Waals surface area contributed by atoms with Crippen molar-refractivity contribution in [1.29, 1.82) is 0 Å². The SMILES string of the molecule is Cc1nc(NC(=O)N2CCC(C)(CO)C2=O)ccc1Oc1ccnc(-c2cnn(C)c2)c1. The molecule has 0 saturated carbocycles. The molecule has 1 atom stereocenters. The van der Waals surface area contributed by atoms with E-state index in [0.29, 0.717) is 29.4 Å². The molecule has 10 nitrogen and oxygen atoms in total. The monoisotopic (exact) mass is 436 g/mol.